The van der Waals surface area contributed by atoms with Gasteiger partial charge < -0.3 is 10.0 Å². The number of carbonyl (C=O) groups is 2. The van der Waals surface area contributed by atoms with E-state index in [2.05, 4.69) is 10.3 Å². The molecule has 0 saturated carbocycles. The third-order valence-electron chi connectivity index (χ3n) is 3.68. The quantitative estimate of drug-likeness (QED) is 0.640. The first-order chi connectivity index (χ1) is 11.1. The first-order valence-corrected chi connectivity index (χ1v) is 6.83. The maximum atomic E-state index is 12.4. The molecule has 126 valence electrons. The molecule has 0 saturated heterocycles. The molecular weight excluding hydrogens is 318 g/mol. The lowest BCUT2D eigenvalue weighted by Crippen LogP contribution is -2.50. The molecule has 0 aliphatic carbocycles. The average molecular weight is 333 g/mol. The van der Waals surface area contributed by atoms with Crippen molar-refractivity contribution in [1.29, 1.82) is 0 Å². The second kappa shape index (κ2) is 6.07. The minimum atomic E-state index is -1.42. The van der Waals surface area contributed by atoms with Gasteiger partial charge in [0.25, 0.3) is 11.6 Å². The molecule has 1 aromatic carbocycles. The predicted molar refractivity (Wildman–Crippen MR) is 81.8 cm³/mol. The van der Waals surface area contributed by atoms with Gasteiger partial charge in [0.2, 0.25) is 0 Å². The van der Waals surface area contributed by atoms with Crippen molar-refractivity contribution >= 4 is 17.6 Å². The van der Waals surface area contributed by atoms with Crippen molar-refractivity contribution in [3.05, 3.63) is 46.3 Å². The molecule has 2 rings (SSSR count). The van der Waals surface area contributed by atoms with E-state index in [1.807, 2.05) is 0 Å². The number of rotatable bonds is 5. The number of hydrogen-bond donors (Lipinski definition) is 1. The summed E-state index contributed by atoms with van der Waals surface area (Å²) < 4.78 is 1.21. The van der Waals surface area contributed by atoms with Crippen LogP contribution < -0.4 is 0 Å². The maximum Gasteiger partial charge on any atom is 0.329 e. The van der Waals surface area contributed by atoms with Gasteiger partial charge in [-0.3, -0.25) is 14.9 Å². The van der Waals surface area contributed by atoms with Gasteiger partial charge in [0, 0.05) is 19.2 Å². The van der Waals surface area contributed by atoms with Crippen molar-refractivity contribution in [2.75, 3.05) is 7.05 Å². The van der Waals surface area contributed by atoms with Crippen LogP contribution in [0, 0.1) is 10.1 Å². The molecule has 0 bridgehead atoms. The summed E-state index contributed by atoms with van der Waals surface area (Å²) in [6.07, 6.45) is 1.29. The minimum absolute atomic E-state index is 0.0710. The molecule has 1 aromatic heterocycles. The van der Waals surface area contributed by atoms with Gasteiger partial charge >= 0.3 is 5.97 Å². The number of carbonyl (C=O) groups excluding carboxylic acids is 1. The summed E-state index contributed by atoms with van der Waals surface area (Å²) in [6, 6.07) is 5.67. The number of aromatic nitrogens is 3. The number of nitro benzene ring substituents is 1. The third kappa shape index (κ3) is 3.07. The highest BCUT2D eigenvalue weighted by atomic mass is 16.6. The zero-order valence-corrected chi connectivity index (χ0v) is 13.2. The number of benzene rings is 1. The van der Waals surface area contributed by atoms with Crippen LogP contribution in [0.15, 0.2) is 30.5 Å². The van der Waals surface area contributed by atoms with Gasteiger partial charge in [-0.1, -0.05) is 11.3 Å². The van der Waals surface area contributed by atoms with E-state index < -0.39 is 22.3 Å². The van der Waals surface area contributed by atoms with Crippen LogP contribution in [0.5, 0.6) is 0 Å². The van der Waals surface area contributed by atoms with E-state index in [0.29, 0.717) is 5.69 Å². The van der Waals surface area contributed by atoms with E-state index in [1.54, 1.807) is 6.07 Å². The van der Waals surface area contributed by atoms with Gasteiger partial charge in [0.1, 0.15) is 5.54 Å². The summed E-state index contributed by atoms with van der Waals surface area (Å²) in [7, 11) is 1.35. The number of aliphatic carboxylic acids is 1. The number of nitrogens with zero attached hydrogens (tertiary/aromatic N) is 5. The summed E-state index contributed by atoms with van der Waals surface area (Å²) >= 11 is 0. The second-order valence-corrected chi connectivity index (χ2v) is 5.55. The highest BCUT2D eigenvalue weighted by Crippen LogP contribution is 2.18. The molecule has 0 atom stereocenters. The van der Waals surface area contributed by atoms with Crippen LogP contribution in [0.4, 0.5) is 5.69 Å². The summed E-state index contributed by atoms with van der Waals surface area (Å²) in [5.74, 6) is -1.79. The Balaban J connectivity index is 2.31. The van der Waals surface area contributed by atoms with Crippen molar-refractivity contribution in [3.8, 4) is 5.69 Å². The van der Waals surface area contributed by atoms with Crippen molar-refractivity contribution < 1.29 is 19.6 Å². The highest BCUT2D eigenvalue weighted by molar-refractivity contribution is 5.95. The Bertz CT molecular complexity index is 813. The Kier molecular flexibility index (Phi) is 4.31. The molecule has 10 heteroatoms. The topological polar surface area (TPSA) is 131 Å². The lowest BCUT2D eigenvalue weighted by Gasteiger charge is -2.30. The Labute approximate surface area is 136 Å². The molecule has 1 heterocycles. The summed E-state index contributed by atoms with van der Waals surface area (Å²) in [6.45, 7) is 2.77. The fourth-order valence-electron chi connectivity index (χ4n) is 1.81. The molecule has 24 heavy (non-hydrogen) atoms. The van der Waals surface area contributed by atoms with E-state index in [4.69, 9.17) is 0 Å². The molecule has 0 fully saturated rings. The van der Waals surface area contributed by atoms with Crippen molar-refractivity contribution in [3.63, 3.8) is 0 Å². The summed E-state index contributed by atoms with van der Waals surface area (Å²) in [4.78, 5) is 34.9. The number of hydrogen-bond acceptors (Lipinski definition) is 6. The van der Waals surface area contributed by atoms with Gasteiger partial charge in [0.15, 0.2) is 5.69 Å². The van der Waals surface area contributed by atoms with Crippen molar-refractivity contribution in [2.24, 2.45) is 0 Å². The number of amides is 1. The normalized spacial score (nSPS) is 11.1. The van der Waals surface area contributed by atoms with Crippen molar-refractivity contribution in [1.82, 2.24) is 19.9 Å². The van der Waals surface area contributed by atoms with Gasteiger partial charge in [0.05, 0.1) is 16.8 Å². The zero-order valence-electron chi connectivity index (χ0n) is 13.2. The molecule has 0 spiro atoms. The second-order valence-electron chi connectivity index (χ2n) is 5.55. The van der Waals surface area contributed by atoms with E-state index in [9.17, 15) is 24.8 Å². The monoisotopic (exact) mass is 333 g/mol. The number of carboxylic acids is 1. The first kappa shape index (κ1) is 17.1. The Morgan fingerprint density at radius 3 is 2.62 bits per heavy atom. The molecule has 0 aliphatic rings. The largest absolute Gasteiger partial charge is 0.480 e. The molecule has 1 amide bonds. The van der Waals surface area contributed by atoms with E-state index >= 15 is 0 Å². The fraction of sp³-hybridized carbons (Fsp3) is 0.286. The number of nitro groups is 1. The summed E-state index contributed by atoms with van der Waals surface area (Å²) in [5.41, 5.74) is -1.26. The van der Waals surface area contributed by atoms with E-state index in [0.717, 1.165) is 4.90 Å². The lowest BCUT2D eigenvalue weighted by molar-refractivity contribution is -0.384. The number of likely N-dealkylation sites (N-methyl/N-ethyl adjacent to an activating group) is 1. The van der Waals surface area contributed by atoms with Crippen LogP contribution in [0.1, 0.15) is 24.3 Å². The standard InChI is InChI=1S/C14H15N5O5/c1-14(2,13(21)22)17(3)12(20)11-8-18(16-15-11)9-5-4-6-10(7-9)19(23)24/h4-8H,1-3H3,(H,21,22). The Morgan fingerprint density at radius 1 is 1.38 bits per heavy atom. The van der Waals surface area contributed by atoms with Crippen LogP contribution in [0.3, 0.4) is 0 Å². The molecule has 1 N–H and O–H groups in total. The molecular formula is C14H15N5O5. The molecule has 0 radical (unpaired) electrons. The van der Waals surface area contributed by atoms with E-state index in [1.165, 1.54) is 50.0 Å². The van der Waals surface area contributed by atoms with Crippen LogP contribution in [0.25, 0.3) is 5.69 Å². The van der Waals surface area contributed by atoms with Gasteiger partial charge in [-0.05, 0) is 19.9 Å². The van der Waals surface area contributed by atoms with Crippen molar-refractivity contribution in [2.45, 2.75) is 19.4 Å². The lowest BCUT2D eigenvalue weighted by atomic mass is 10.0. The Hall–Kier alpha value is -3.30. The third-order valence-corrected chi connectivity index (χ3v) is 3.68. The SMILES string of the molecule is CN(C(=O)c1cn(-c2cccc([N+](=O)[O-])c2)nn1)C(C)(C)C(=O)O. The van der Waals surface area contributed by atoms with Crippen LogP contribution in [-0.2, 0) is 4.79 Å². The fourth-order valence-corrected chi connectivity index (χ4v) is 1.81. The van der Waals surface area contributed by atoms with E-state index in [-0.39, 0.29) is 11.4 Å². The van der Waals surface area contributed by atoms with Crippen LogP contribution >= 0.6 is 0 Å². The van der Waals surface area contributed by atoms with Gasteiger partial charge in [-0.2, -0.15) is 0 Å². The summed E-state index contributed by atoms with van der Waals surface area (Å²) in [5, 5.41) is 27.5. The number of non-ortho nitro benzene ring substituents is 1. The Morgan fingerprint density at radius 2 is 2.04 bits per heavy atom. The smallest absolute Gasteiger partial charge is 0.329 e. The van der Waals surface area contributed by atoms with Crippen LogP contribution in [-0.4, -0.2) is 54.4 Å². The number of carboxylic acid groups (broad SMARTS) is 1. The van der Waals surface area contributed by atoms with Crippen LogP contribution in [0.2, 0.25) is 0 Å². The molecule has 10 nitrogen and oxygen atoms in total. The predicted octanol–water partition coefficient (Wildman–Crippen LogP) is 1.11. The zero-order chi connectivity index (χ0) is 18.1. The van der Waals surface area contributed by atoms with Gasteiger partial charge in [-0.15, -0.1) is 5.10 Å². The average Bonchev–Trinajstić information content (AvgIpc) is 3.03. The molecule has 0 unspecified atom stereocenters. The molecule has 2 aromatic rings. The van der Waals surface area contributed by atoms with Gasteiger partial charge in [-0.25, -0.2) is 9.48 Å². The maximum absolute atomic E-state index is 12.4. The minimum Gasteiger partial charge on any atom is -0.480 e. The molecule has 0 aliphatic heterocycles. The first-order valence-electron chi connectivity index (χ1n) is 6.83. The highest BCUT2D eigenvalue weighted by Gasteiger charge is 2.36.